The summed E-state index contributed by atoms with van der Waals surface area (Å²) in [6.07, 6.45) is 2.86. The lowest BCUT2D eigenvalue weighted by molar-refractivity contribution is -0.120. The molecule has 0 aliphatic rings. The Bertz CT molecular complexity index is 150. The third-order valence-electron chi connectivity index (χ3n) is 2.08. The third kappa shape index (κ3) is 8.01. The minimum atomic E-state index is 0.0522. The van der Waals surface area contributed by atoms with Gasteiger partial charge >= 0.3 is 0 Å². The van der Waals surface area contributed by atoms with E-state index >= 15 is 0 Å². The molecule has 0 rings (SSSR count). The normalized spacial score (nSPS) is 10.6. The Labute approximate surface area is 86.8 Å². The molecule has 1 amide bonds. The second-order valence-electron chi connectivity index (χ2n) is 3.55. The molecular weight excluding hydrogens is 178 g/mol. The maximum absolute atomic E-state index is 11.0. The Morgan fingerprint density at radius 3 is 2.71 bits per heavy atom. The highest BCUT2D eigenvalue weighted by molar-refractivity contribution is 5.75. The SMILES string of the molecule is CCCCN(C)CCNC(=O)CCN. The quantitative estimate of drug-likeness (QED) is 0.589. The third-order valence-corrected chi connectivity index (χ3v) is 2.08. The molecule has 14 heavy (non-hydrogen) atoms. The van der Waals surface area contributed by atoms with Crippen molar-refractivity contribution in [2.45, 2.75) is 26.2 Å². The zero-order valence-corrected chi connectivity index (χ0v) is 9.38. The smallest absolute Gasteiger partial charge is 0.221 e. The van der Waals surface area contributed by atoms with Crippen LogP contribution in [0.4, 0.5) is 0 Å². The first-order valence-corrected chi connectivity index (χ1v) is 5.36. The molecular formula is C10H23N3O. The molecule has 4 nitrogen and oxygen atoms in total. The Balaban J connectivity index is 3.29. The molecule has 0 fully saturated rings. The van der Waals surface area contributed by atoms with E-state index in [1.165, 1.54) is 12.8 Å². The van der Waals surface area contributed by atoms with Crippen molar-refractivity contribution in [3.05, 3.63) is 0 Å². The summed E-state index contributed by atoms with van der Waals surface area (Å²) in [5.74, 6) is 0.0522. The predicted molar refractivity (Wildman–Crippen MR) is 59.1 cm³/mol. The number of carbonyl (C=O) groups is 1. The van der Waals surface area contributed by atoms with E-state index in [9.17, 15) is 4.79 Å². The van der Waals surface area contributed by atoms with Gasteiger partial charge in [0.1, 0.15) is 0 Å². The van der Waals surface area contributed by atoms with Crippen molar-refractivity contribution in [2.75, 3.05) is 33.2 Å². The van der Waals surface area contributed by atoms with Gasteiger partial charge in [-0.05, 0) is 20.0 Å². The van der Waals surface area contributed by atoms with Gasteiger partial charge < -0.3 is 16.0 Å². The van der Waals surface area contributed by atoms with Crippen LogP contribution in [0.1, 0.15) is 26.2 Å². The molecule has 0 spiro atoms. The fraction of sp³-hybridized carbons (Fsp3) is 0.900. The molecule has 3 N–H and O–H groups in total. The molecule has 0 saturated heterocycles. The zero-order chi connectivity index (χ0) is 10.8. The second-order valence-corrected chi connectivity index (χ2v) is 3.55. The molecule has 0 saturated carbocycles. The summed E-state index contributed by atoms with van der Waals surface area (Å²) in [4.78, 5) is 13.3. The highest BCUT2D eigenvalue weighted by atomic mass is 16.1. The van der Waals surface area contributed by atoms with E-state index in [0.717, 1.165) is 19.6 Å². The van der Waals surface area contributed by atoms with Crippen molar-refractivity contribution < 1.29 is 4.79 Å². The molecule has 4 heteroatoms. The van der Waals surface area contributed by atoms with E-state index in [2.05, 4.69) is 24.2 Å². The van der Waals surface area contributed by atoms with Gasteiger partial charge in [-0.2, -0.15) is 0 Å². The maximum Gasteiger partial charge on any atom is 0.221 e. The predicted octanol–water partition coefficient (Wildman–Crippen LogP) is 0.183. The lowest BCUT2D eigenvalue weighted by atomic mass is 10.3. The van der Waals surface area contributed by atoms with Crippen molar-refractivity contribution in [3.8, 4) is 0 Å². The first kappa shape index (κ1) is 13.4. The van der Waals surface area contributed by atoms with Crippen LogP contribution in [-0.4, -0.2) is 44.0 Å². The minimum Gasteiger partial charge on any atom is -0.355 e. The number of likely N-dealkylation sites (N-methyl/N-ethyl adjacent to an activating group) is 1. The van der Waals surface area contributed by atoms with Crippen LogP contribution in [0.2, 0.25) is 0 Å². The Morgan fingerprint density at radius 1 is 1.43 bits per heavy atom. The molecule has 0 aromatic carbocycles. The van der Waals surface area contributed by atoms with Crippen LogP contribution >= 0.6 is 0 Å². The van der Waals surface area contributed by atoms with Gasteiger partial charge in [0.25, 0.3) is 0 Å². The van der Waals surface area contributed by atoms with Crippen LogP contribution in [0.5, 0.6) is 0 Å². The summed E-state index contributed by atoms with van der Waals surface area (Å²) in [6.45, 7) is 5.34. The number of carbonyl (C=O) groups excluding carboxylic acids is 1. The van der Waals surface area contributed by atoms with E-state index < -0.39 is 0 Å². The number of amides is 1. The molecule has 0 unspecified atom stereocenters. The summed E-state index contributed by atoms with van der Waals surface area (Å²) in [7, 11) is 2.07. The number of hydrogen-bond donors (Lipinski definition) is 2. The van der Waals surface area contributed by atoms with Gasteiger partial charge in [0.15, 0.2) is 0 Å². The number of nitrogens with two attached hydrogens (primary N) is 1. The summed E-state index contributed by atoms with van der Waals surface area (Å²) in [6, 6.07) is 0. The number of nitrogens with zero attached hydrogens (tertiary/aromatic N) is 1. The van der Waals surface area contributed by atoms with Gasteiger partial charge in [-0.3, -0.25) is 4.79 Å². The standard InChI is InChI=1S/C10H23N3O/c1-3-4-8-13(2)9-7-12-10(14)5-6-11/h3-9,11H2,1-2H3,(H,12,14). The molecule has 0 aliphatic heterocycles. The van der Waals surface area contributed by atoms with Crippen LogP contribution < -0.4 is 11.1 Å². The van der Waals surface area contributed by atoms with Gasteiger partial charge in [-0.1, -0.05) is 13.3 Å². The molecule has 0 aliphatic carbocycles. The summed E-state index contributed by atoms with van der Waals surface area (Å²) in [5.41, 5.74) is 5.26. The first-order chi connectivity index (χ1) is 6.70. The lowest BCUT2D eigenvalue weighted by Gasteiger charge is -2.16. The van der Waals surface area contributed by atoms with E-state index in [0.29, 0.717) is 13.0 Å². The van der Waals surface area contributed by atoms with Gasteiger partial charge in [0.05, 0.1) is 0 Å². The first-order valence-electron chi connectivity index (χ1n) is 5.36. The van der Waals surface area contributed by atoms with E-state index in [4.69, 9.17) is 5.73 Å². The Morgan fingerprint density at radius 2 is 2.14 bits per heavy atom. The van der Waals surface area contributed by atoms with Crippen molar-refractivity contribution in [1.82, 2.24) is 10.2 Å². The van der Waals surface area contributed by atoms with Crippen LogP contribution in [0.25, 0.3) is 0 Å². The average Bonchev–Trinajstić information content (AvgIpc) is 2.15. The molecule has 0 bridgehead atoms. The molecule has 0 aromatic heterocycles. The average molecular weight is 201 g/mol. The van der Waals surface area contributed by atoms with E-state index in [1.54, 1.807) is 0 Å². The summed E-state index contributed by atoms with van der Waals surface area (Å²) < 4.78 is 0. The van der Waals surface area contributed by atoms with Crippen LogP contribution in [0, 0.1) is 0 Å². The lowest BCUT2D eigenvalue weighted by Crippen LogP contribution is -2.34. The number of nitrogens with one attached hydrogen (secondary N) is 1. The minimum absolute atomic E-state index is 0.0522. The number of unbranched alkanes of at least 4 members (excludes halogenated alkanes) is 1. The van der Waals surface area contributed by atoms with Gasteiger partial charge in [0.2, 0.25) is 5.91 Å². The fourth-order valence-corrected chi connectivity index (χ4v) is 1.15. The van der Waals surface area contributed by atoms with Crippen LogP contribution in [0.3, 0.4) is 0 Å². The number of hydrogen-bond acceptors (Lipinski definition) is 3. The van der Waals surface area contributed by atoms with Crippen molar-refractivity contribution in [1.29, 1.82) is 0 Å². The highest BCUT2D eigenvalue weighted by Crippen LogP contribution is 1.90. The van der Waals surface area contributed by atoms with Gasteiger partial charge in [0, 0.05) is 26.1 Å². The molecule has 0 heterocycles. The molecule has 84 valence electrons. The highest BCUT2D eigenvalue weighted by Gasteiger charge is 2.00. The van der Waals surface area contributed by atoms with Crippen molar-refractivity contribution in [3.63, 3.8) is 0 Å². The van der Waals surface area contributed by atoms with Gasteiger partial charge in [-0.25, -0.2) is 0 Å². The van der Waals surface area contributed by atoms with Gasteiger partial charge in [-0.15, -0.1) is 0 Å². The fourth-order valence-electron chi connectivity index (χ4n) is 1.15. The number of rotatable bonds is 8. The van der Waals surface area contributed by atoms with Crippen molar-refractivity contribution >= 4 is 5.91 Å². The van der Waals surface area contributed by atoms with Crippen molar-refractivity contribution in [2.24, 2.45) is 5.73 Å². The van der Waals surface area contributed by atoms with E-state index in [1.807, 2.05) is 0 Å². The monoisotopic (exact) mass is 201 g/mol. The molecule has 0 radical (unpaired) electrons. The summed E-state index contributed by atoms with van der Waals surface area (Å²) in [5, 5.41) is 2.83. The topological polar surface area (TPSA) is 58.4 Å². The summed E-state index contributed by atoms with van der Waals surface area (Å²) >= 11 is 0. The van der Waals surface area contributed by atoms with Crippen LogP contribution in [0.15, 0.2) is 0 Å². The van der Waals surface area contributed by atoms with E-state index in [-0.39, 0.29) is 5.91 Å². The second kappa shape index (κ2) is 8.97. The Hall–Kier alpha value is -0.610. The zero-order valence-electron chi connectivity index (χ0n) is 9.38. The Kier molecular flexibility index (Phi) is 8.57. The largest absolute Gasteiger partial charge is 0.355 e. The van der Waals surface area contributed by atoms with Crippen LogP contribution in [-0.2, 0) is 4.79 Å². The maximum atomic E-state index is 11.0. The molecule has 0 atom stereocenters. The molecule has 0 aromatic rings.